The molecule has 2 rings (SSSR count). The molecule has 2 amide bonds. The zero-order valence-electron chi connectivity index (χ0n) is 18.4. The molecule has 0 aliphatic carbocycles. The second-order valence-corrected chi connectivity index (χ2v) is 8.23. The molecule has 2 aromatic carbocycles. The van der Waals surface area contributed by atoms with E-state index in [-0.39, 0.29) is 24.5 Å². The Morgan fingerprint density at radius 1 is 1.10 bits per heavy atom. The van der Waals surface area contributed by atoms with E-state index in [0.717, 1.165) is 16.7 Å². The summed E-state index contributed by atoms with van der Waals surface area (Å²) in [5.74, 6) is 0.271. The monoisotopic (exact) mass is 430 g/mol. The number of halogens is 1. The van der Waals surface area contributed by atoms with Crippen molar-refractivity contribution < 1.29 is 14.3 Å². The normalized spacial score (nSPS) is 11.8. The van der Waals surface area contributed by atoms with E-state index in [0.29, 0.717) is 23.7 Å². The van der Waals surface area contributed by atoms with Gasteiger partial charge >= 0.3 is 0 Å². The van der Waals surface area contributed by atoms with Gasteiger partial charge in [0.05, 0.1) is 0 Å². The van der Waals surface area contributed by atoms with Gasteiger partial charge in [-0.05, 0) is 69.0 Å². The summed E-state index contributed by atoms with van der Waals surface area (Å²) in [5, 5.41) is 3.54. The van der Waals surface area contributed by atoms with Crippen LogP contribution in [0.15, 0.2) is 42.5 Å². The van der Waals surface area contributed by atoms with E-state index in [1.165, 1.54) is 0 Å². The van der Waals surface area contributed by atoms with Crippen LogP contribution < -0.4 is 10.1 Å². The Labute approximate surface area is 184 Å². The summed E-state index contributed by atoms with van der Waals surface area (Å²) in [6, 6.07) is 12.6. The fourth-order valence-corrected chi connectivity index (χ4v) is 3.30. The number of rotatable bonds is 9. The van der Waals surface area contributed by atoms with Gasteiger partial charge in [0.15, 0.2) is 6.61 Å². The van der Waals surface area contributed by atoms with Gasteiger partial charge in [-0.3, -0.25) is 9.59 Å². The molecular formula is C24H31ClN2O3. The maximum atomic E-state index is 13.2. The third-order valence-electron chi connectivity index (χ3n) is 4.78. The molecule has 162 valence electrons. The highest BCUT2D eigenvalue weighted by Crippen LogP contribution is 2.20. The number of carbonyl (C=O) groups is 2. The van der Waals surface area contributed by atoms with Crippen molar-refractivity contribution in [2.75, 3.05) is 6.61 Å². The molecule has 1 atom stereocenters. The van der Waals surface area contributed by atoms with Crippen LogP contribution in [0.1, 0.15) is 43.9 Å². The van der Waals surface area contributed by atoms with Crippen LogP contribution in [-0.4, -0.2) is 35.4 Å². The lowest BCUT2D eigenvalue weighted by Crippen LogP contribution is -2.51. The molecule has 2 aromatic rings. The van der Waals surface area contributed by atoms with Gasteiger partial charge in [-0.15, -0.1) is 0 Å². The van der Waals surface area contributed by atoms with Crippen LogP contribution in [0.25, 0.3) is 0 Å². The van der Waals surface area contributed by atoms with E-state index in [4.69, 9.17) is 16.3 Å². The molecule has 0 spiro atoms. The van der Waals surface area contributed by atoms with E-state index in [1.54, 1.807) is 17.0 Å². The number of nitrogens with zero attached hydrogens (tertiary/aromatic N) is 1. The predicted molar refractivity (Wildman–Crippen MR) is 121 cm³/mol. The number of carbonyl (C=O) groups excluding carboxylic acids is 2. The van der Waals surface area contributed by atoms with Crippen LogP contribution in [-0.2, 0) is 16.1 Å². The standard InChI is InChI=1S/C24H31ClN2O3/c1-6-21(24(29)26-16(2)3)27(14-19-9-11-20(25)12-10-19)23(28)15-30-22-13-17(4)7-8-18(22)5/h7-13,16,21H,6,14-15H2,1-5H3,(H,26,29)/t21-/m0/s1. The summed E-state index contributed by atoms with van der Waals surface area (Å²) in [7, 11) is 0. The van der Waals surface area contributed by atoms with Crippen molar-refractivity contribution in [3.63, 3.8) is 0 Å². The lowest BCUT2D eigenvalue weighted by Gasteiger charge is -2.31. The van der Waals surface area contributed by atoms with Gasteiger partial charge < -0.3 is 15.0 Å². The molecule has 1 N–H and O–H groups in total. The molecule has 0 bridgehead atoms. The molecule has 0 aliphatic rings. The number of benzene rings is 2. The van der Waals surface area contributed by atoms with E-state index < -0.39 is 6.04 Å². The largest absolute Gasteiger partial charge is 0.483 e. The van der Waals surface area contributed by atoms with Crippen LogP contribution in [0.3, 0.4) is 0 Å². The Morgan fingerprint density at radius 3 is 2.37 bits per heavy atom. The maximum Gasteiger partial charge on any atom is 0.261 e. The van der Waals surface area contributed by atoms with Gasteiger partial charge in [0.2, 0.25) is 5.91 Å². The highest BCUT2D eigenvalue weighted by molar-refractivity contribution is 6.30. The summed E-state index contributed by atoms with van der Waals surface area (Å²) in [6.07, 6.45) is 0.501. The van der Waals surface area contributed by atoms with Crippen LogP contribution >= 0.6 is 11.6 Å². The van der Waals surface area contributed by atoms with Crippen LogP contribution in [0.4, 0.5) is 0 Å². The third-order valence-corrected chi connectivity index (χ3v) is 5.03. The number of aryl methyl sites for hydroxylation is 2. The molecule has 0 radical (unpaired) electrons. The first-order valence-electron chi connectivity index (χ1n) is 10.3. The van der Waals surface area contributed by atoms with E-state index in [2.05, 4.69) is 5.32 Å². The fraction of sp³-hybridized carbons (Fsp3) is 0.417. The first kappa shape index (κ1) is 23.7. The van der Waals surface area contributed by atoms with Crippen molar-refractivity contribution in [1.82, 2.24) is 10.2 Å². The lowest BCUT2D eigenvalue weighted by molar-refractivity contribution is -0.143. The van der Waals surface area contributed by atoms with Gasteiger partial charge in [-0.25, -0.2) is 0 Å². The second kappa shape index (κ2) is 11.0. The highest BCUT2D eigenvalue weighted by atomic mass is 35.5. The zero-order chi connectivity index (χ0) is 22.3. The van der Waals surface area contributed by atoms with E-state index in [1.807, 2.05) is 65.0 Å². The minimum Gasteiger partial charge on any atom is -0.483 e. The molecule has 0 fully saturated rings. The first-order chi connectivity index (χ1) is 14.2. The number of nitrogens with one attached hydrogen (secondary N) is 1. The Kier molecular flexibility index (Phi) is 8.72. The van der Waals surface area contributed by atoms with Crippen molar-refractivity contribution >= 4 is 23.4 Å². The van der Waals surface area contributed by atoms with Gasteiger partial charge in [-0.2, -0.15) is 0 Å². The lowest BCUT2D eigenvalue weighted by atomic mass is 10.1. The molecule has 0 saturated heterocycles. The maximum absolute atomic E-state index is 13.2. The molecule has 0 aromatic heterocycles. The Hall–Kier alpha value is -2.53. The zero-order valence-corrected chi connectivity index (χ0v) is 19.1. The molecule has 0 saturated carbocycles. The van der Waals surface area contributed by atoms with Crippen molar-refractivity contribution in [3.05, 3.63) is 64.2 Å². The number of hydrogen-bond acceptors (Lipinski definition) is 3. The molecule has 0 heterocycles. The van der Waals surface area contributed by atoms with Crippen molar-refractivity contribution in [2.45, 2.75) is 59.7 Å². The predicted octanol–water partition coefficient (Wildman–Crippen LogP) is 4.67. The topological polar surface area (TPSA) is 58.6 Å². The van der Waals surface area contributed by atoms with Gasteiger partial charge in [0.1, 0.15) is 11.8 Å². The Morgan fingerprint density at radius 2 is 1.77 bits per heavy atom. The number of ether oxygens (including phenoxy) is 1. The summed E-state index contributed by atoms with van der Waals surface area (Å²) in [6.45, 7) is 9.79. The average Bonchev–Trinajstić information content (AvgIpc) is 2.69. The SMILES string of the molecule is CC[C@@H](C(=O)NC(C)C)N(Cc1ccc(Cl)cc1)C(=O)COc1cc(C)ccc1C. The minimum atomic E-state index is -0.585. The quantitative estimate of drug-likeness (QED) is 0.629. The summed E-state index contributed by atoms with van der Waals surface area (Å²) >= 11 is 5.99. The van der Waals surface area contributed by atoms with Gasteiger partial charge in [-0.1, -0.05) is 42.8 Å². The van der Waals surface area contributed by atoms with Crippen LogP contribution in [0.5, 0.6) is 5.75 Å². The van der Waals surface area contributed by atoms with E-state index >= 15 is 0 Å². The van der Waals surface area contributed by atoms with Crippen molar-refractivity contribution in [1.29, 1.82) is 0 Å². The summed E-state index contributed by atoms with van der Waals surface area (Å²) < 4.78 is 5.83. The van der Waals surface area contributed by atoms with Crippen LogP contribution in [0, 0.1) is 13.8 Å². The Bertz CT molecular complexity index is 865. The van der Waals surface area contributed by atoms with Crippen LogP contribution in [0.2, 0.25) is 5.02 Å². The molecule has 30 heavy (non-hydrogen) atoms. The molecular weight excluding hydrogens is 400 g/mol. The van der Waals surface area contributed by atoms with Gasteiger partial charge in [0, 0.05) is 17.6 Å². The van der Waals surface area contributed by atoms with Gasteiger partial charge in [0.25, 0.3) is 5.91 Å². The average molecular weight is 431 g/mol. The third kappa shape index (κ3) is 6.77. The summed E-state index contributed by atoms with van der Waals surface area (Å²) in [5.41, 5.74) is 2.92. The van der Waals surface area contributed by atoms with E-state index in [9.17, 15) is 9.59 Å². The molecule has 0 aliphatic heterocycles. The Balaban J connectivity index is 2.23. The molecule has 5 nitrogen and oxygen atoms in total. The molecule has 0 unspecified atom stereocenters. The number of amides is 2. The summed E-state index contributed by atoms with van der Waals surface area (Å²) in [4.78, 5) is 27.5. The second-order valence-electron chi connectivity index (χ2n) is 7.79. The smallest absolute Gasteiger partial charge is 0.261 e. The molecule has 6 heteroatoms. The minimum absolute atomic E-state index is 0.00905. The van der Waals surface area contributed by atoms with Crippen molar-refractivity contribution in [2.24, 2.45) is 0 Å². The highest BCUT2D eigenvalue weighted by Gasteiger charge is 2.29. The first-order valence-corrected chi connectivity index (χ1v) is 10.6. The van der Waals surface area contributed by atoms with Crippen molar-refractivity contribution in [3.8, 4) is 5.75 Å². The fourth-order valence-electron chi connectivity index (χ4n) is 3.17. The number of hydrogen-bond donors (Lipinski definition) is 1.